The van der Waals surface area contributed by atoms with E-state index in [1.54, 1.807) is 18.2 Å². The van der Waals surface area contributed by atoms with Crippen molar-refractivity contribution < 1.29 is 4.79 Å². The number of ketones is 1. The van der Waals surface area contributed by atoms with Crippen molar-refractivity contribution in [1.29, 1.82) is 0 Å². The largest absolute Gasteiger partial charge is 0.383 e. The topological polar surface area (TPSA) is 55.5 Å². The third-order valence-electron chi connectivity index (χ3n) is 2.57. The van der Waals surface area contributed by atoms with Gasteiger partial charge in [-0.05, 0) is 19.1 Å². The number of carbonyl (C=O) groups excluding carboxylic acids is 1. The van der Waals surface area contributed by atoms with Crippen molar-refractivity contribution >= 4 is 17.3 Å². The molecule has 0 saturated heterocycles. The summed E-state index contributed by atoms with van der Waals surface area (Å²) in [4.78, 5) is 15.6. The average Bonchev–Trinajstić information content (AvgIpc) is 2.40. The van der Waals surface area contributed by atoms with Crippen LogP contribution in [0.5, 0.6) is 0 Å². The number of nitrogens with two attached hydrogens (primary N) is 1. The highest BCUT2D eigenvalue weighted by Crippen LogP contribution is 2.15. The molecular formula is C15H14N2O. The number of hydrogen-bond acceptors (Lipinski definition) is 2. The van der Waals surface area contributed by atoms with Gasteiger partial charge in [-0.3, -0.25) is 4.79 Å². The zero-order valence-electron chi connectivity index (χ0n) is 10.1. The Morgan fingerprint density at radius 1 is 1.00 bits per heavy atom. The van der Waals surface area contributed by atoms with E-state index in [1.165, 1.54) is 6.92 Å². The lowest BCUT2D eigenvalue weighted by Gasteiger charge is -2.02. The molecule has 18 heavy (non-hydrogen) atoms. The van der Waals surface area contributed by atoms with Gasteiger partial charge in [0.2, 0.25) is 0 Å². The quantitative estimate of drug-likeness (QED) is 0.508. The van der Waals surface area contributed by atoms with Crippen LogP contribution in [0.25, 0.3) is 0 Å². The lowest BCUT2D eigenvalue weighted by molar-refractivity contribution is 0.101. The Morgan fingerprint density at radius 3 is 2.33 bits per heavy atom. The minimum Gasteiger partial charge on any atom is -0.383 e. The van der Waals surface area contributed by atoms with E-state index in [9.17, 15) is 4.79 Å². The Morgan fingerprint density at radius 2 is 1.67 bits per heavy atom. The van der Waals surface area contributed by atoms with Gasteiger partial charge in [0.1, 0.15) is 5.84 Å². The lowest BCUT2D eigenvalue weighted by Crippen LogP contribution is -2.12. The smallest absolute Gasteiger partial charge is 0.159 e. The number of carbonyl (C=O) groups is 1. The Bertz CT molecular complexity index is 588. The molecule has 0 amide bonds. The molecule has 0 fully saturated rings. The highest BCUT2D eigenvalue weighted by Gasteiger charge is 2.01. The fourth-order valence-corrected chi connectivity index (χ4v) is 1.61. The second-order valence-corrected chi connectivity index (χ2v) is 3.97. The van der Waals surface area contributed by atoms with Crippen LogP contribution in [0, 0.1) is 0 Å². The molecule has 3 heteroatoms. The molecule has 0 spiro atoms. The SMILES string of the molecule is CC(=O)c1cccc(N=C(N)c2ccccc2)c1. The van der Waals surface area contributed by atoms with Gasteiger partial charge in [0.15, 0.2) is 5.78 Å². The van der Waals surface area contributed by atoms with Crippen LogP contribution in [-0.4, -0.2) is 11.6 Å². The second-order valence-electron chi connectivity index (χ2n) is 3.97. The molecule has 0 heterocycles. The van der Waals surface area contributed by atoms with E-state index in [-0.39, 0.29) is 5.78 Å². The molecule has 90 valence electrons. The summed E-state index contributed by atoms with van der Waals surface area (Å²) in [6.45, 7) is 1.53. The Balaban J connectivity index is 2.33. The third kappa shape index (κ3) is 2.83. The van der Waals surface area contributed by atoms with Gasteiger partial charge in [0.05, 0.1) is 5.69 Å². The summed E-state index contributed by atoms with van der Waals surface area (Å²) in [6, 6.07) is 16.6. The van der Waals surface area contributed by atoms with E-state index in [4.69, 9.17) is 5.73 Å². The fraction of sp³-hybridized carbons (Fsp3) is 0.0667. The van der Waals surface area contributed by atoms with Gasteiger partial charge in [0.25, 0.3) is 0 Å². The Labute approximate surface area is 106 Å². The molecule has 2 rings (SSSR count). The molecule has 2 aromatic rings. The highest BCUT2D eigenvalue weighted by atomic mass is 16.1. The molecule has 0 saturated carbocycles. The summed E-state index contributed by atoms with van der Waals surface area (Å²) in [6.07, 6.45) is 0. The van der Waals surface area contributed by atoms with Gasteiger partial charge < -0.3 is 5.73 Å². The van der Waals surface area contributed by atoms with Gasteiger partial charge in [-0.1, -0.05) is 42.5 Å². The van der Waals surface area contributed by atoms with Crippen LogP contribution in [0.3, 0.4) is 0 Å². The Kier molecular flexibility index (Phi) is 3.53. The molecule has 2 aromatic carbocycles. The zero-order chi connectivity index (χ0) is 13.0. The zero-order valence-corrected chi connectivity index (χ0v) is 10.1. The van der Waals surface area contributed by atoms with Gasteiger partial charge in [0, 0.05) is 11.1 Å². The summed E-state index contributed by atoms with van der Waals surface area (Å²) < 4.78 is 0. The molecule has 0 aliphatic heterocycles. The molecule has 0 atom stereocenters. The van der Waals surface area contributed by atoms with Gasteiger partial charge in [-0.2, -0.15) is 0 Å². The van der Waals surface area contributed by atoms with Gasteiger partial charge in [-0.15, -0.1) is 0 Å². The number of aliphatic imine (C=N–C) groups is 1. The highest BCUT2D eigenvalue weighted by molar-refractivity contribution is 5.99. The fourth-order valence-electron chi connectivity index (χ4n) is 1.61. The predicted octanol–water partition coefficient (Wildman–Crippen LogP) is 2.93. The predicted molar refractivity (Wildman–Crippen MR) is 73.3 cm³/mol. The van der Waals surface area contributed by atoms with Crippen molar-refractivity contribution in [1.82, 2.24) is 0 Å². The van der Waals surface area contributed by atoms with Crippen LogP contribution in [0.2, 0.25) is 0 Å². The summed E-state index contributed by atoms with van der Waals surface area (Å²) in [7, 11) is 0. The normalized spacial score (nSPS) is 11.3. The van der Waals surface area contributed by atoms with E-state index >= 15 is 0 Å². The number of benzene rings is 2. The van der Waals surface area contributed by atoms with Crippen molar-refractivity contribution in [3.63, 3.8) is 0 Å². The summed E-state index contributed by atoms with van der Waals surface area (Å²) >= 11 is 0. The minimum absolute atomic E-state index is 0.0188. The molecule has 3 nitrogen and oxygen atoms in total. The molecule has 0 unspecified atom stereocenters. The summed E-state index contributed by atoms with van der Waals surface area (Å²) in [5.41, 5.74) is 8.11. The van der Waals surface area contributed by atoms with Crippen molar-refractivity contribution in [2.45, 2.75) is 6.92 Å². The molecule has 0 aromatic heterocycles. The maximum atomic E-state index is 11.3. The molecule has 0 bridgehead atoms. The Hall–Kier alpha value is -2.42. The first-order valence-electron chi connectivity index (χ1n) is 5.67. The first-order chi connectivity index (χ1) is 8.66. The molecule has 0 radical (unpaired) electrons. The maximum Gasteiger partial charge on any atom is 0.159 e. The number of hydrogen-bond donors (Lipinski definition) is 1. The van der Waals surface area contributed by atoms with Crippen LogP contribution in [-0.2, 0) is 0 Å². The number of nitrogens with zero attached hydrogens (tertiary/aromatic N) is 1. The minimum atomic E-state index is 0.0188. The maximum absolute atomic E-state index is 11.3. The summed E-state index contributed by atoms with van der Waals surface area (Å²) in [5, 5.41) is 0. The van der Waals surface area contributed by atoms with E-state index in [0.717, 1.165) is 5.56 Å². The number of Topliss-reactive ketones (excluding diaryl/α,β-unsaturated/α-hetero) is 1. The van der Waals surface area contributed by atoms with E-state index in [2.05, 4.69) is 4.99 Å². The van der Waals surface area contributed by atoms with Crippen LogP contribution >= 0.6 is 0 Å². The van der Waals surface area contributed by atoms with Crippen LogP contribution in [0.1, 0.15) is 22.8 Å². The van der Waals surface area contributed by atoms with Gasteiger partial charge in [-0.25, -0.2) is 4.99 Å². The number of amidine groups is 1. The van der Waals surface area contributed by atoms with Crippen molar-refractivity contribution in [2.75, 3.05) is 0 Å². The average molecular weight is 238 g/mol. The van der Waals surface area contributed by atoms with E-state index in [0.29, 0.717) is 17.1 Å². The molecule has 2 N–H and O–H groups in total. The van der Waals surface area contributed by atoms with Crippen molar-refractivity contribution in [3.8, 4) is 0 Å². The van der Waals surface area contributed by atoms with Crippen LogP contribution in [0.15, 0.2) is 59.6 Å². The van der Waals surface area contributed by atoms with Crippen LogP contribution in [0.4, 0.5) is 5.69 Å². The van der Waals surface area contributed by atoms with Crippen LogP contribution < -0.4 is 5.73 Å². The summed E-state index contributed by atoms with van der Waals surface area (Å²) in [5.74, 6) is 0.460. The molecule has 0 aliphatic carbocycles. The van der Waals surface area contributed by atoms with Crippen molar-refractivity contribution in [2.24, 2.45) is 10.7 Å². The first kappa shape index (κ1) is 12.0. The van der Waals surface area contributed by atoms with Crippen molar-refractivity contribution in [3.05, 3.63) is 65.7 Å². The number of rotatable bonds is 3. The monoisotopic (exact) mass is 238 g/mol. The van der Waals surface area contributed by atoms with E-state index in [1.807, 2.05) is 36.4 Å². The molecular weight excluding hydrogens is 224 g/mol. The lowest BCUT2D eigenvalue weighted by atomic mass is 10.1. The second kappa shape index (κ2) is 5.27. The standard InChI is InChI=1S/C15H14N2O/c1-11(18)13-8-5-9-14(10-13)17-15(16)12-6-3-2-4-7-12/h2-10H,1H3,(H2,16,17). The van der Waals surface area contributed by atoms with Gasteiger partial charge >= 0.3 is 0 Å². The first-order valence-corrected chi connectivity index (χ1v) is 5.67. The molecule has 0 aliphatic rings. The third-order valence-corrected chi connectivity index (χ3v) is 2.57. The van der Waals surface area contributed by atoms with E-state index < -0.39 is 0 Å².